The Kier molecular flexibility index (Phi) is 4.53. The number of hydrogen-bond donors (Lipinski definition) is 0. The van der Waals surface area contributed by atoms with E-state index >= 15 is 0 Å². The van der Waals surface area contributed by atoms with Crippen LogP contribution in [0.5, 0.6) is 11.5 Å². The topological polar surface area (TPSA) is 79.9 Å². The Morgan fingerprint density at radius 1 is 1.19 bits per heavy atom. The van der Waals surface area contributed by atoms with Gasteiger partial charge < -0.3 is 9.47 Å². The van der Waals surface area contributed by atoms with Crippen molar-refractivity contribution in [2.24, 2.45) is 7.05 Å². The molecule has 3 heterocycles. The van der Waals surface area contributed by atoms with Crippen molar-refractivity contribution in [2.75, 3.05) is 14.2 Å². The summed E-state index contributed by atoms with van der Waals surface area (Å²) in [5.74, 6) is 0.964. The average molecular weight is 368 g/mol. The molecule has 0 aliphatic rings. The second-order valence-electron chi connectivity index (χ2n) is 5.33. The molecular formula is C15H15F3N6O2. The van der Waals surface area contributed by atoms with Crippen LogP contribution in [0.3, 0.4) is 0 Å². The molecule has 0 atom stereocenters. The zero-order valence-corrected chi connectivity index (χ0v) is 14.2. The molecule has 3 rings (SSSR count). The maximum absolute atomic E-state index is 12.8. The van der Waals surface area contributed by atoms with Crippen molar-refractivity contribution in [3.63, 3.8) is 0 Å². The third-order valence-corrected chi connectivity index (χ3v) is 3.65. The van der Waals surface area contributed by atoms with Gasteiger partial charge in [0.1, 0.15) is 11.4 Å². The number of halogens is 3. The number of aromatic nitrogens is 6. The minimum atomic E-state index is -4.52. The summed E-state index contributed by atoms with van der Waals surface area (Å²) in [5, 5.41) is 11.3. The SMILES string of the molecule is COc1ccnc(Cn2cc(-c3cc(C(F)(F)F)nn3C)nn2)c1OC. The smallest absolute Gasteiger partial charge is 0.435 e. The van der Waals surface area contributed by atoms with Crippen LogP contribution in [0.15, 0.2) is 24.5 Å². The van der Waals surface area contributed by atoms with Gasteiger partial charge in [-0.3, -0.25) is 9.67 Å². The average Bonchev–Trinajstić information content (AvgIpc) is 3.20. The standard InChI is InChI=1S/C15H15F3N6O2/c1-23-11(6-13(21-23)15(16,17)18)9-7-24(22-20-9)8-10-14(26-3)12(25-2)4-5-19-10/h4-7H,8H2,1-3H3. The van der Waals surface area contributed by atoms with E-state index in [1.54, 1.807) is 12.3 Å². The van der Waals surface area contributed by atoms with E-state index in [0.29, 0.717) is 17.2 Å². The molecule has 0 amide bonds. The molecule has 0 aliphatic carbocycles. The summed E-state index contributed by atoms with van der Waals surface area (Å²) < 4.78 is 51.5. The van der Waals surface area contributed by atoms with Crippen molar-refractivity contribution in [2.45, 2.75) is 12.7 Å². The molecule has 3 aromatic heterocycles. The molecule has 11 heteroatoms. The van der Waals surface area contributed by atoms with E-state index in [9.17, 15) is 13.2 Å². The number of rotatable bonds is 5. The molecule has 0 saturated carbocycles. The molecule has 0 spiro atoms. The van der Waals surface area contributed by atoms with Gasteiger partial charge in [-0.2, -0.15) is 18.3 Å². The van der Waals surface area contributed by atoms with Crippen LogP contribution in [0.25, 0.3) is 11.4 Å². The lowest BCUT2D eigenvalue weighted by molar-refractivity contribution is -0.141. The quantitative estimate of drug-likeness (QED) is 0.687. The van der Waals surface area contributed by atoms with Gasteiger partial charge in [-0.15, -0.1) is 5.10 Å². The zero-order chi connectivity index (χ0) is 18.9. The lowest BCUT2D eigenvalue weighted by Crippen LogP contribution is -2.06. The van der Waals surface area contributed by atoms with Crippen molar-refractivity contribution < 1.29 is 22.6 Å². The van der Waals surface area contributed by atoms with Crippen LogP contribution in [0.4, 0.5) is 13.2 Å². The summed E-state index contributed by atoms with van der Waals surface area (Å²) in [5.41, 5.74) is 0.0245. The Labute approximate surface area is 146 Å². The molecule has 0 aromatic carbocycles. The summed E-state index contributed by atoms with van der Waals surface area (Å²) >= 11 is 0. The summed E-state index contributed by atoms with van der Waals surface area (Å²) in [7, 11) is 4.41. The van der Waals surface area contributed by atoms with Crippen molar-refractivity contribution in [1.29, 1.82) is 0 Å². The highest BCUT2D eigenvalue weighted by Gasteiger charge is 2.35. The number of nitrogens with zero attached hydrogens (tertiary/aromatic N) is 6. The van der Waals surface area contributed by atoms with E-state index in [2.05, 4.69) is 20.4 Å². The maximum Gasteiger partial charge on any atom is 0.435 e. The van der Waals surface area contributed by atoms with Gasteiger partial charge in [0.05, 0.1) is 32.7 Å². The van der Waals surface area contributed by atoms with Crippen LogP contribution in [0.1, 0.15) is 11.4 Å². The summed E-state index contributed by atoms with van der Waals surface area (Å²) in [6.45, 7) is 0.206. The molecule has 0 aliphatic heterocycles. The van der Waals surface area contributed by atoms with E-state index in [1.807, 2.05) is 0 Å². The molecule has 0 fully saturated rings. The predicted octanol–water partition coefficient (Wildman–Crippen LogP) is 2.16. The van der Waals surface area contributed by atoms with Crippen LogP contribution in [-0.4, -0.2) is 44.0 Å². The highest BCUT2D eigenvalue weighted by molar-refractivity contribution is 5.53. The Hall–Kier alpha value is -3.11. The van der Waals surface area contributed by atoms with Crippen LogP contribution < -0.4 is 9.47 Å². The minimum absolute atomic E-state index is 0.203. The predicted molar refractivity (Wildman–Crippen MR) is 83.7 cm³/mol. The molecule has 0 N–H and O–H groups in total. The van der Waals surface area contributed by atoms with Crippen LogP contribution in [0, 0.1) is 0 Å². The van der Waals surface area contributed by atoms with Gasteiger partial charge >= 0.3 is 6.18 Å². The van der Waals surface area contributed by atoms with E-state index in [0.717, 1.165) is 10.7 Å². The van der Waals surface area contributed by atoms with Crippen LogP contribution in [0.2, 0.25) is 0 Å². The Balaban J connectivity index is 1.89. The molecule has 0 bridgehead atoms. The molecule has 3 aromatic rings. The fraction of sp³-hybridized carbons (Fsp3) is 0.333. The van der Waals surface area contributed by atoms with Crippen molar-refractivity contribution in [1.82, 2.24) is 29.8 Å². The number of pyridine rings is 1. The monoisotopic (exact) mass is 368 g/mol. The molecule has 8 nitrogen and oxygen atoms in total. The second-order valence-corrected chi connectivity index (χ2v) is 5.33. The Morgan fingerprint density at radius 2 is 1.96 bits per heavy atom. The molecule has 138 valence electrons. The van der Waals surface area contributed by atoms with Gasteiger partial charge in [-0.25, -0.2) is 4.68 Å². The van der Waals surface area contributed by atoms with E-state index in [1.165, 1.54) is 32.1 Å². The summed E-state index contributed by atoms with van der Waals surface area (Å²) in [6.07, 6.45) is -1.45. The zero-order valence-electron chi connectivity index (χ0n) is 14.2. The number of ether oxygens (including phenoxy) is 2. The first-order chi connectivity index (χ1) is 12.3. The van der Waals surface area contributed by atoms with Crippen molar-refractivity contribution in [3.8, 4) is 22.9 Å². The van der Waals surface area contributed by atoms with Gasteiger partial charge in [-0.1, -0.05) is 5.21 Å². The Bertz CT molecular complexity index is 918. The molecule has 0 saturated heterocycles. The highest BCUT2D eigenvalue weighted by Crippen LogP contribution is 2.31. The molecule has 26 heavy (non-hydrogen) atoms. The second kappa shape index (κ2) is 6.65. The first kappa shape index (κ1) is 17.7. The first-order valence-corrected chi connectivity index (χ1v) is 7.41. The van der Waals surface area contributed by atoms with Crippen LogP contribution >= 0.6 is 0 Å². The third kappa shape index (κ3) is 3.32. The van der Waals surface area contributed by atoms with E-state index < -0.39 is 11.9 Å². The van der Waals surface area contributed by atoms with Gasteiger partial charge in [0.2, 0.25) is 0 Å². The van der Waals surface area contributed by atoms with Gasteiger partial charge in [-0.05, 0) is 6.07 Å². The maximum atomic E-state index is 12.8. The number of hydrogen-bond acceptors (Lipinski definition) is 6. The minimum Gasteiger partial charge on any atom is -0.493 e. The molecule has 0 unspecified atom stereocenters. The highest BCUT2D eigenvalue weighted by atomic mass is 19.4. The molecule has 0 radical (unpaired) electrons. The fourth-order valence-electron chi connectivity index (χ4n) is 2.46. The van der Waals surface area contributed by atoms with Gasteiger partial charge in [0.15, 0.2) is 17.2 Å². The van der Waals surface area contributed by atoms with Crippen molar-refractivity contribution >= 4 is 0 Å². The molecular weight excluding hydrogens is 353 g/mol. The first-order valence-electron chi connectivity index (χ1n) is 7.41. The van der Waals surface area contributed by atoms with E-state index in [4.69, 9.17) is 9.47 Å². The van der Waals surface area contributed by atoms with Crippen molar-refractivity contribution in [3.05, 3.63) is 35.9 Å². The Morgan fingerprint density at radius 3 is 2.58 bits per heavy atom. The fourth-order valence-corrected chi connectivity index (χ4v) is 2.46. The largest absolute Gasteiger partial charge is 0.493 e. The van der Waals surface area contributed by atoms with Gasteiger partial charge in [0, 0.05) is 19.3 Å². The number of methoxy groups -OCH3 is 2. The summed E-state index contributed by atoms with van der Waals surface area (Å²) in [6, 6.07) is 2.59. The van der Waals surface area contributed by atoms with Crippen LogP contribution in [-0.2, 0) is 19.8 Å². The number of alkyl halides is 3. The van der Waals surface area contributed by atoms with E-state index in [-0.39, 0.29) is 17.9 Å². The third-order valence-electron chi connectivity index (χ3n) is 3.65. The summed E-state index contributed by atoms with van der Waals surface area (Å²) in [4.78, 5) is 4.23. The normalized spacial score (nSPS) is 11.6. The lowest BCUT2D eigenvalue weighted by Gasteiger charge is -2.11. The number of aryl methyl sites for hydroxylation is 1. The lowest BCUT2D eigenvalue weighted by atomic mass is 10.3. The van der Waals surface area contributed by atoms with Gasteiger partial charge in [0.25, 0.3) is 0 Å².